The van der Waals surface area contributed by atoms with E-state index in [0.29, 0.717) is 56.0 Å². The van der Waals surface area contributed by atoms with E-state index >= 15 is 0 Å². The zero-order valence-corrected chi connectivity index (χ0v) is 16.9. The Labute approximate surface area is 173 Å². The van der Waals surface area contributed by atoms with E-state index < -0.39 is 12.0 Å². The summed E-state index contributed by atoms with van der Waals surface area (Å²) in [5, 5.41) is 18.5. The van der Waals surface area contributed by atoms with Gasteiger partial charge in [-0.25, -0.2) is 0 Å². The lowest BCUT2D eigenvalue weighted by molar-refractivity contribution is -0.139. The van der Waals surface area contributed by atoms with E-state index in [1.165, 1.54) is 0 Å². The number of carbonyl (C=O) groups is 1. The number of carboxylic acids is 1. The number of aliphatic carboxylic acids is 1. The highest BCUT2D eigenvalue weighted by Crippen LogP contribution is 2.20. The summed E-state index contributed by atoms with van der Waals surface area (Å²) >= 11 is 0.707. The number of anilines is 3. The minimum atomic E-state index is -0.989. The van der Waals surface area contributed by atoms with Crippen LogP contribution in [0.1, 0.15) is 12.8 Å². The van der Waals surface area contributed by atoms with Crippen molar-refractivity contribution in [2.45, 2.75) is 24.9 Å². The Hall–Kier alpha value is -2.73. The second-order valence-corrected chi connectivity index (χ2v) is 7.05. The molecule has 1 aromatic rings. The van der Waals surface area contributed by atoms with Gasteiger partial charge >= 0.3 is 5.97 Å². The summed E-state index contributed by atoms with van der Waals surface area (Å²) in [6.07, 6.45) is 4.88. The lowest BCUT2D eigenvalue weighted by atomic mass is 10.0. The molecular formula is C17H26N8O3S. The van der Waals surface area contributed by atoms with Crippen LogP contribution in [0, 0.1) is 4.91 Å². The van der Waals surface area contributed by atoms with E-state index in [-0.39, 0.29) is 11.8 Å². The van der Waals surface area contributed by atoms with E-state index in [1.54, 1.807) is 12.2 Å². The van der Waals surface area contributed by atoms with Gasteiger partial charge in [0, 0.05) is 54.5 Å². The fourth-order valence-electron chi connectivity index (χ4n) is 2.82. The number of hydrogen-bond donors (Lipinski definition) is 4. The number of hydrogen-bond acceptors (Lipinski definition) is 11. The average Bonchev–Trinajstić information content (AvgIpc) is 2.73. The second kappa shape index (κ2) is 12.0. The van der Waals surface area contributed by atoms with Crippen LogP contribution in [0.4, 0.5) is 17.8 Å². The third-order valence-electron chi connectivity index (χ3n) is 4.24. The van der Waals surface area contributed by atoms with E-state index in [9.17, 15) is 14.8 Å². The molecule has 158 valence electrons. The number of nitrogens with one attached hydrogen (secondary N) is 3. The first-order valence-corrected chi connectivity index (χ1v) is 10.2. The monoisotopic (exact) mass is 422 g/mol. The maximum atomic E-state index is 11.3. The molecule has 29 heavy (non-hydrogen) atoms. The molecular weight excluding hydrogens is 396 g/mol. The molecule has 0 aromatic carbocycles. The van der Waals surface area contributed by atoms with Crippen molar-refractivity contribution in [3.05, 3.63) is 30.2 Å². The Bertz CT molecular complexity index is 682. The molecule has 0 spiro atoms. The number of carboxylic acid groups (broad SMARTS) is 1. The fourth-order valence-corrected chi connectivity index (χ4v) is 3.27. The van der Waals surface area contributed by atoms with Crippen molar-refractivity contribution in [2.24, 2.45) is 4.58 Å². The highest BCUT2D eigenvalue weighted by atomic mass is 32.2. The van der Waals surface area contributed by atoms with Gasteiger partial charge in [-0.05, 0) is 12.8 Å². The van der Waals surface area contributed by atoms with Crippen LogP contribution in [-0.2, 0) is 4.79 Å². The quantitative estimate of drug-likeness (QED) is 0.208. The summed E-state index contributed by atoms with van der Waals surface area (Å²) in [4.78, 5) is 36.9. The molecule has 0 unspecified atom stereocenters. The lowest BCUT2D eigenvalue weighted by Gasteiger charge is -2.33. The second-order valence-electron chi connectivity index (χ2n) is 6.31. The van der Waals surface area contributed by atoms with Crippen LogP contribution in [0.15, 0.2) is 29.9 Å². The van der Waals surface area contributed by atoms with Gasteiger partial charge in [0.05, 0.1) is 0 Å². The molecule has 11 nitrogen and oxygen atoms in total. The van der Waals surface area contributed by atoms with E-state index in [4.69, 9.17) is 0 Å². The Kier molecular flexibility index (Phi) is 9.31. The third kappa shape index (κ3) is 7.31. The molecule has 4 N–H and O–H groups in total. The molecule has 12 heteroatoms. The van der Waals surface area contributed by atoms with Gasteiger partial charge in [0.25, 0.3) is 0 Å². The molecule has 1 atom stereocenters. The van der Waals surface area contributed by atoms with Crippen LogP contribution < -0.4 is 20.9 Å². The summed E-state index contributed by atoms with van der Waals surface area (Å²) in [5.74, 6) is 0.560. The predicted octanol–water partition coefficient (Wildman–Crippen LogP) is 1.49. The summed E-state index contributed by atoms with van der Waals surface area (Å²) < 4.78 is 2.67. The Balaban J connectivity index is 2.01. The van der Waals surface area contributed by atoms with Crippen molar-refractivity contribution in [3.8, 4) is 0 Å². The Morgan fingerprint density at radius 2 is 1.79 bits per heavy atom. The maximum absolute atomic E-state index is 11.3. The molecule has 0 saturated carbocycles. The van der Waals surface area contributed by atoms with Crippen LogP contribution in [0.5, 0.6) is 0 Å². The van der Waals surface area contributed by atoms with Crippen molar-refractivity contribution in [2.75, 3.05) is 47.5 Å². The number of nitrogens with zero attached hydrogens (tertiary/aromatic N) is 5. The van der Waals surface area contributed by atoms with Gasteiger partial charge in [0.15, 0.2) is 0 Å². The normalized spacial score (nSPS) is 15.4. The van der Waals surface area contributed by atoms with Crippen LogP contribution in [0.25, 0.3) is 0 Å². The van der Waals surface area contributed by atoms with E-state index in [2.05, 4.69) is 48.6 Å². The minimum absolute atomic E-state index is 0.0261. The van der Waals surface area contributed by atoms with Crippen molar-refractivity contribution < 1.29 is 9.90 Å². The molecule has 1 aliphatic heterocycles. The summed E-state index contributed by atoms with van der Waals surface area (Å²) in [7, 11) is 0. The molecule has 0 radical (unpaired) electrons. The molecule has 1 fully saturated rings. The van der Waals surface area contributed by atoms with Gasteiger partial charge in [-0.15, -0.1) is 18.1 Å². The van der Waals surface area contributed by atoms with Crippen LogP contribution in [-0.4, -0.2) is 70.0 Å². The first kappa shape index (κ1) is 22.6. The number of nitroso groups, excluding NO2 is 1. The van der Waals surface area contributed by atoms with Crippen molar-refractivity contribution >= 4 is 35.8 Å². The summed E-state index contributed by atoms with van der Waals surface area (Å²) in [6.45, 7) is 9.73. The van der Waals surface area contributed by atoms with Crippen LogP contribution >= 0.6 is 11.9 Å². The predicted molar refractivity (Wildman–Crippen MR) is 115 cm³/mol. The molecule has 1 saturated heterocycles. The maximum Gasteiger partial charge on any atom is 0.321 e. The summed E-state index contributed by atoms with van der Waals surface area (Å²) in [5.41, 5.74) is 0. The van der Waals surface area contributed by atoms with Crippen molar-refractivity contribution in [1.29, 1.82) is 0 Å². The standard InChI is InChI=1S/C17H26N8O3S/c1-3-7-18-15-21-16(19-8-4-2)23-17(22-15)25-9-5-12(6-10-25)20-13(14(26)27)11-29-24-28/h3-4,12-13,20H,1-2,5-11H2,(H,26,27)(H2,18,19,21,22,23)/t13-/m0/s1. The zero-order valence-electron chi connectivity index (χ0n) is 16.1. The Morgan fingerprint density at radius 3 is 2.28 bits per heavy atom. The number of rotatable bonds is 13. The largest absolute Gasteiger partial charge is 0.480 e. The number of aromatic nitrogens is 3. The molecule has 2 heterocycles. The molecule has 0 aliphatic carbocycles. The van der Waals surface area contributed by atoms with Crippen molar-refractivity contribution in [1.82, 2.24) is 20.3 Å². The van der Waals surface area contributed by atoms with Crippen LogP contribution in [0.3, 0.4) is 0 Å². The van der Waals surface area contributed by atoms with Gasteiger partial charge in [-0.3, -0.25) is 4.79 Å². The third-order valence-corrected chi connectivity index (χ3v) is 4.83. The fraction of sp³-hybridized carbons (Fsp3) is 0.529. The van der Waals surface area contributed by atoms with Gasteiger partial charge in [-0.1, -0.05) is 12.2 Å². The minimum Gasteiger partial charge on any atom is -0.480 e. The van der Waals surface area contributed by atoms with Gasteiger partial charge in [0.1, 0.15) is 6.04 Å². The first-order valence-electron chi connectivity index (χ1n) is 9.21. The van der Waals surface area contributed by atoms with Crippen LogP contribution in [0.2, 0.25) is 0 Å². The molecule has 0 bridgehead atoms. The van der Waals surface area contributed by atoms with E-state index in [1.807, 2.05) is 4.90 Å². The van der Waals surface area contributed by atoms with E-state index in [0.717, 1.165) is 12.8 Å². The topological polar surface area (TPSA) is 145 Å². The van der Waals surface area contributed by atoms with Gasteiger partial charge < -0.3 is 26.0 Å². The molecule has 2 rings (SSSR count). The number of piperidine rings is 1. The highest BCUT2D eigenvalue weighted by Gasteiger charge is 2.26. The van der Waals surface area contributed by atoms with Gasteiger partial charge in [0.2, 0.25) is 17.8 Å². The average molecular weight is 423 g/mol. The van der Waals surface area contributed by atoms with Crippen molar-refractivity contribution in [3.63, 3.8) is 0 Å². The first-order chi connectivity index (χ1) is 14.1. The molecule has 0 amide bonds. The SMILES string of the molecule is C=CCNc1nc(NCC=C)nc(N2CCC(N[C@@H](CSN=O)C(=O)O)CC2)n1. The highest BCUT2D eigenvalue weighted by molar-refractivity contribution is 7.97. The summed E-state index contributed by atoms with van der Waals surface area (Å²) in [6, 6.07) is -0.783. The Morgan fingerprint density at radius 1 is 1.21 bits per heavy atom. The smallest absolute Gasteiger partial charge is 0.321 e. The lowest BCUT2D eigenvalue weighted by Crippen LogP contribution is -2.50. The molecule has 1 aliphatic rings. The van der Waals surface area contributed by atoms with Gasteiger partial charge in [-0.2, -0.15) is 15.0 Å². The zero-order chi connectivity index (χ0) is 21.1. The molecule has 1 aromatic heterocycles.